The zero-order valence-corrected chi connectivity index (χ0v) is 18.5. The Bertz CT molecular complexity index is 996. The number of hydrogen-bond acceptors (Lipinski definition) is 7. The highest BCUT2D eigenvalue weighted by atomic mass is 16.5. The van der Waals surface area contributed by atoms with Crippen LogP contribution in [0.25, 0.3) is 0 Å². The Kier molecular flexibility index (Phi) is 7.96. The van der Waals surface area contributed by atoms with Gasteiger partial charge in [0.25, 0.3) is 0 Å². The van der Waals surface area contributed by atoms with Gasteiger partial charge < -0.3 is 25.6 Å². The number of aromatic nitrogens is 1. The van der Waals surface area contributed by atoms with Crippen molar-refractivity contribution in [2.24, 2.45) is 5.73 Å². The Morgan fingerprint density at radius 3 is 2.58 bits per heavy atom. The van der Waals surface area contributed by atoms with Crippen molar-refractivity contribution >= 4 is 29.3 Å². The quantitative estimate of drug-likeness (QED) is 0.291. The van der Waals surface area contributed by atoms with Crippen molar-refractivity contribution < 1.29 is 19.1 Å². The molecule has 1 atom stereocenters. The number of anilines is 1. The number of nitrogen functional groups attached to an aromatic ring is 1. The molecule has 1 saturated heterocycles. The van der Waals surface area contributed by atoms with Gasteiger partial charge in [0.05, 0.1) is 37.9 Å². The van der Waals surface area contributed by atoms with Crippen LogP contribution in [0.1, 0.15) is 30.6 Å². The van der Waals surface area contributed by atoms with Crippen molar-refractivity contribution in [3.63, 3.8) is 0 Å². The minimum atomic E-state index is -0.645. The van der Waals surface area contributed by atoms with E-state index in [-0.39, 0.29) is 43.8 Å². The normalized spacial score (nSPS) is 14.5. The van der Waals surface area contributed by atoms with Crippen LogP contribution in [0.15, 0.2) is 48.7 Å². The van der Waals surface area contributed by atoms with Gasteiger partial charge in [0, 0.05) is 30.5 Å². The third-order valence-corrected chi connectivity index (χ3v) is 5.25. The molecule has 4 N–H and O–H groups in total. The van der Waals surface area contributed by atoms with Gasteiger partial charge in [-0.15, -0.1) is 0 Å². The maximum absolute atomic E-state index is 12.7. The van der Waals surface area contributed by atoms with Gasteiger partial charge in [-0.3, -0.25) is 24.8 Å². The first-order valence-electron chi connectivity index (χ1n) is 10.7. The van der Waals surface area contributed by atoms with Crippen LogP contribution in [0.4, 0.5) is 5.69 Å². The van der Waals surface area contributed by atoms with E-state index < -0.39 is 12.0 Å². The molecule has 0 bridgehead atoms. The molecule has 0 aliphatic carbocycles. The van der Waals surface area contributed by atoms with Crippen LogP contribution >= 0.6 is 0 Å². The molecule has 1 aliphatic rings. The third kappa shape index (κ3) is 6.52. The van der Waals surface area contributed by atoms with Crippen LogP contribution in [0, 0.1) is 5.41 Å². The molecule has 0 spiro atoms. The summed E-state index contributed by atoms with van der Waals surface area (Å²) in [4.78, 5) is 45.0. The smallest absolute Gasteiger partial charge is 0.308 e. The standard InChI is InChI=1S/C23H28N6O4/c1-2-33-22(32)13-19(18-5-3-4-10-26-18)27-20(30)14-29-12-11-28(15-21(29)31)17-8-6-16(7-9-17)23(24)25/h3-10,19H,2,11-15H2,1H3,(H3,24,25)(H,27,30). The number of pyridine rings is 1. The summed E-state index contributed by atoms with van der Waals surface area (Å²) in [6, 6.07) is 11.7. The third-order valence-electron chi connectivity index (χ3n) is 5.25. The molecule has 2 heterocycles. The fourth-order valence-corrected chi connectivity index (χ4v) is 3.56. The zero-order valence-electron chi connectivity index (χ0n) is 18.5. The first-order valence-corrected chi connectivity index (χ1v) is 10.7. The Hall–Kier alpha value is -3.95. The van der Waals surface area contributed by atoms with E-state index in [0.29, 0.717) is 24.3 Å². The summed E-state index contributed by atoms with van der Waals surface area (Å²) in [7, 11) is 0. The van der Waals surface area contributed by atoms with Crippen molar-refractivity contribution in [3.8, 4) is 0 Å². The van der Waals surface area contributed by atoms with Gasteiger partial charge in [-0.2, -0.15) is 0 Å². The summed E-state index contributed by atoms with van der Waals surface area (Å²) in [6.07, 6.45) is 1.54. The van der Waals surface area contributed by atoms with Crippen LogP contribution in [-0.2, 0) is 19.1 Å². The highest BCUT2D eigenvalue weighted by molar-refractivity contribution is 5.95. The SMILES string of the molecule is CCOC(=O)CC(NC(=O)CN1CCN(c2ccc(C(=N)N)cc2)CC1=O)c1ccccn1. The summed E-state index contributed by atoms with van der Waals surface area (Å²) in [5.41, 5.74) is 7.49. The van der Waals surface area contributed by atoms with Crippen LogP contribution in [0.2, 0.25) is 0 Å². The average Bonchev–Trinajstić information content (AvgIpc) is 2.81. The first kappa shape index (κ1) is 23.7. The molecule has 1 aromatic carbocycles. The van der Waals surface area contributed by atoms with Crippen LogP contribution < -0.4 is 16.0 Å². The second kappa shape index (κ2) is 11.1. The van der Waals surface area contributed by atoms with Gasteiger partial charge in [-0.1, -0.05) is 6.07 Å². The highest BCUT2D eigenvalue weighted by Crippen LogP contribution is 2.18. The summed E-state index contributed by atoms with van der Waals surface area (Å²) in [5, 5.41) is 10.3. The number of nitrogens with two attached hydrogens (primary N) is 1. The average molecular weight is 453 g/mol. The van der Waals surface area contributed by atoms with E-state index in [2.05, 4.69) is 10.3 Å². The van der Waals surface area contributed by atoms with E-state index in [4.69, 9.17) is 15.9 Å². The van der Waals surface area contributed by atoms with Gasteiger partial charge in [-0.05, 0) is 43.3 Å². The first-order chi connectivity index (χ1) is 15.9. The number of esters is 1. The van der Waals surface area contributed by atoms with Gasteiger partial charge in [0.15, 0.2) is 0 Å². The zero-order chi connectivity index (χ0) is 23.8. The molecule has 1 aliphatic heterocycles. The van der Waals surface area contributed by atoms with Crippen molar-refractivity contribution in [2.75, 3.05) is 37.7 Å². The summed E-state index contributed by atoms with van der Waals surface area (Å²) < 4.78 is 5.01. The van der Waals surface area contributed by atoms with E-state index in [1.165, 1.54) is 4.90 Å². The fraction of sp³-hybridized carbons (Fsp3) is 0.348. The molecule has 10 heteroatoms. The van der Waals surface area contributed by atoms with Crippen molar-refractivity contribution in [2.45, 2.75) is 19.4 Å². The van der Waals surface area contributed by atoms with Crippen LogP contribution in [0.3, 0.4) is 0 Å². The van der Waals surface area contributed by atoms with Crippen molar-refractivity contribution in [1.82, 2.24) is 15.2 Å². The molecule has 2 aromatic rings. The number of nitrogens with zero attached hydrogens (tertiary/aromatic N) is 3. The van der Waals surface area contributed by atoms with Gasteiger partial charge in [0.1, 0.15) is 5.84 Å². The summed E-state index contributed by atoms with van der Waals surface area (Å²) in [6.45, 7) is 2.94. The van der Waals surface area contributed by atoms with Crippen molar-refractivity contribution in [1.29, 1.82) is 5.41 Å². The predicted molar refractivity (Wildman–Crippen MR) is 123 cm³/mol. The largest absolute Gasteiger partial charge is 0.466 e. The second-order valence-electron chi connectivity index (χ2n) is 7.58. The summed E-state index contributed by atoms with van der Waals surface area (Å²) >= 11 is 0. The lowest BCUT2D eigenvalue weighted by Gasteiger charge is -2.35. The van der Waals surface area contributed by atoms with E-state index in [0.717, 1.165) is 5.69 Å². The number of hydrogen-bond donors (Lipinski definition) is 3. The van der Waals surface area contributed by atoms with E-state index >= 15 is 0 Å². The molecule has 174 valence electrons. The molecule has 1 fully saturated rings. The number of rotatable bonds is 9. The maximum atomic E-state index is 12.7. The molecule has 2 amide bonds. The minimum Gasteiger partial charge on any atom is -0.466 e. The fourth-order valence-electron chi connectivity index (χ4n) is 3.56. The molecule has 33 heavy (non-hydrogen) atoms. The number of benzene rings is 1. The van der Waals surface area contributed by atoms with Crippen LogP contribution in [-0.4, -0.2) is 66.3 Å². The topological polar surface area (TPSA) is 142 Å². The number of amides is 2. The van der Waals surface area contributed by atoms with E-state index in [9.17, 15) is 14.4 Å². The predicted octanol–water partition coefficient (Wildman–Crippen LogP) is 0.825. The Morgan fingerprint density at radius 1 is 1.21 bits per heavy atom. The Balaban J connectivity index is 1.58. The number of piperazine rings is 1. The van der Waals surface area contributed by atoms with Crippen molar-refractivity contribution in [3.05, 3.63) is 59.9 Å². The molecule has 3 rings (SSSR count). The lowest BCUT2D eigenvalue weighted by atomic mass is 10.1. The Labute approximate surface area is 192 Å². The lowest BCUT2D eigenvalue weighted by molar-refractivity contribution is -0.144. The number of amidine groups is 1. The Morgan fingerprint density at radius 2 is 1.97 bits per heavy atom. The van der Waals surface area contributed by atoms with Crippen LogP contribution in [0.5, 0.6) is 0 Å². The highest BCUT2D eigenvalue weighted by Gasteiger charge is 2.27. The summed E-state index contributed by atoms with van der Waals surface area (Å²) in [5.74, 6) is -0.997. The second-order valence-corrected chi connectivity index (χ2v) is 7.58. The van der Waals surface area contributed by atoms with Gasteiger partial charge in [-0.25, -0.2) is 0 Å². The monoisotopic (exact) mass is 452 g/mol. The molecule has 10 nitrogen and oxygen atoms in total. The molecule has 0 radical (unpaired) electrons. The molecular weight excluding hydrogens is 424 g/mol. The van der Waals surface area contributed by atoms with E-state index in [1.54, 1.807) is 43.5 Å². The molecule has 1 aromatic heterocycles. The number of carbonyl (C=O) groups is 3. The molecule has 0 saturated carbocycles. The minimum absolute atomic E-state index is 0.0135. The maximum Gasteiger partial charge on any atom is 0.308 e. The van der Waals surface area contributed by atoms with Gasteiger partial charge >= 0.3 is 5.97 Å². The molecular formula is C23H28N6O4. The number of nitrogens with one attached hydrogen (secondary N) is 2. The number of ether oxygens (including phenoxy) is 1. The molecule has 1 unspecified atom stereocenters. The van der Waals surface area contributed by atoms with Gasteiger partial charge in [0.2, 0.25) is 11.8 Å². The number of carbonyl (C=O) groups excluding carboxylic acids is 3. The lowest BCUT2D eigenvalue weighted by Crippen LogP contribution is -2.53. The van der Waals surface area contributed by atoms with E-state index in [1.807, 2.05) is 17.0 Å².